The number of ether oxygens (including phenoxy) is 1. The standard InChI is InChI=1S/C28H39N3O4S/c1-18(2)25(26-20(4)16-24(31-35-26)34-15-14-32)28(33)29-13-7-6-8-19(3)22-9-11-23(12-10-22)27-21(5)30-17-36-27/h9-12,14,17-20,25-26H,6-8,13,15-16H2,1-5H3,(H,29,33). The summed E-state index contributed by atoms with van der Waals surface area (Å²) in [4.78, 5) is 34.8. The van der Waals surface area contributed by atoms with Crippen LogP contribution in [0.5, 0.6) is 0 Å². The second-order valence-corrected chi connectivity index (χ2v) is 10.9. The Kier molecular flexibility index (Phi) is 10.5. The van der Waals surface area contributed by atoms with Crippen molar-refractivity contribution in [2.24, 2.45) is 22.9 Å². The molecule has 2 aromatic rings. The average Bonchev–Trinajstić information content (AvgIpc) is 3.29. The monoisotopic (exact) mass is 513 g/mol. The van der Waals surface area contributed by atoms with Crippen LogP contribution in [0.15, 0.2) is 34.9 Å². The minimum absolute atomic E-state index is 0.0105. The fourth-order valence-corrected chi connectivity index (χ4v) is 5.54. The number of carbonyl (C=O) groups excluding carboxylic acids is 2. The maximum absolute atomic E-state index is 13.0. The van der Waals surface area contributed by atoms with E-state index >= 15 is 0 Å². The molecule has 0 fully saturated rings. The van der Waals surface area contributed by atoms with Gasteiger partial charge in [0.1, 0.15) is 12.7 Å². The van der Waals surface area contributed by atoms with Gasteiger partial charge < -0.3 is 14.9 Å². The van der Waals surface area contributed by atoms with Crippen molar-refractivity contribution in [3.63, 3.8) is 0 Å². The van der Waals surface area contributed by atoms with E-state index in [0.717, 1.165) is 25.0 Å². The van der Waals surface area contributed by atoms with Crippen LogP contribution in [0.25, 0.3) is 10.4 Å². The maximum Gasteiger partial charge on any atom is 0.227 e. The molecule has 0 radical (unpaired) electrons. The van der Waals surface area contributed by atoms with Gasteiger partial charge >= 0.3 is 0 Å². The average molecular weight is 514 g/mol. The van der Waals surface area contributed by atoms with Crippen LogP contribution in [0, 0.1) is 24.7 Å². The first-order valence-corrected chi connectivity index (χ1v) is 13.8. The first-order valence-electron chi connectivity index (χ1n) is 12.9. The maximum atomic E-state index is 13.0. The van der Waals surface area contributed by atoms with Gasteiger partial charge in [-0.2, -0.15) is 0 Å². The summed E-state index contributed by atoms with van der Waals surface area (Å²) in [6, 6.07) is 8.82. The van der Waals surface area contributed by atoms with Crippen LogP contribution in [0.4, 0.5) is 0 Å². The minimum atomic E-state index is -0.315. The highest BCUT2D eigenvalue weighted by Crippen LogP contribution is 2.31. The van der Waals surface area contributed by atoms with E-state index < -0.39 is 0 Å². The largest absolute Gasteiger partial charge is 0.471 e. The number of carbonyl (C=O) groups is 2. The number of oxime groups is 1. The first kappa shape index (κ1) is 27.8. The summed E-state index contributed by atoms with van der Waals surface area (Å²) >= 11 is 1.68. The third-order valence-electron chi connectivity index (χ3n) is 6.88. The molecule has 1 aromatic heterocycles. The molecule has 1 aliphatic rings. The van der Waals surface area contributed by atoms with E-state index in [1.54, 1.807) is 11.3 Å². The van der Waals surface area contributed by atoms with Gasteiger partial charge in [-0.1, -0.05) is 63.5 Å². The van der Waals surface area contributed by atoms with E-state index in [-0.39, 0.29) is 36.4 Å². The molecule has 1 amide bonds. The van der Waals surface area contributed by atoms with Gasteiger partial charge in [-0.3, -0.25) is 9.59 Å². The van der Waals surface area contributed by atoms with Crippen molar-refractivity contribution in [1.29, 1.82) is 0 Å². The Morgan fingerprint density at radius 3 is 2.61 bits per heavy atom. The number of nitrogens with one attached hydrogen (secondary N) is 1. The van der Waals surface area contributed by atoms with Gasteiger partial charge in [0, 0.05) is 18.9 Å². The first-order chi connectivity index (χ1) is 17.3. The molecule has 196 valence electrons. The quantitative estimate of drug-likeness (QED) is 0.289. The Hall–Kier alpha value is -2.74. The van der Waals surface area contributed by atoms with Crippen LogP contribution >= 0.6 is 11.3 Å². The van der Waals surface area contributed by atoms with Crippen molar-refractivity contribution >= 4 is 29.4 Å². The van der Waals surface area contributed by atoms with Crippen molar-refractivity contribution in [3.05, 3.63) is 41.0 Å². The SMILES string of the molecule is Cc1ncsc1-c1ccc(C(C)CCCCNC(=O)C(C(C)C)C2ON=C(OCC=O)CC2C)cc1. The van der Waals surface area contributed by atoms with Crippen LogP contribution in [0.2, 0.25) is 0 Å². The molecule has 7 nitrogen and oxygen atoms in total. The zero-order valence-corrected chi connectivity index (χ0v) is 22.8. The van der Waals surface area contributed by atoms with Crippen LogP contribution in [-0.2, 0) is 19.2 Å². The van der Waals surface area contributed by atoms with Crippen LogP contribution in [0.1, 0.15) is 70.6 Å². The highest BCUT2D eigenvalue weighted by Gasteiger charge is 2.39. The zero-order chi connectivity index (χ0) is 26.1. The van der Waals surface area contributed by atoms with Crippen molar-refractivity contribution in [1.82, 2.24) is 10.3 Å². The molecule has 0 saturated carbocycles. The second kappa shape index (κ2) is 13.5. The molecule has 2 heterocycles. The molecule has 0 saturated heterocycles. The van der Waals surface area contributed by atoms with Gasteiger partial charge in [0.15, 0.2) is 6.29 Å². The molecule has 3 rings (SSSR count). The molecule has 1 aromatic carbocycles. The smallest absolute Gasteiger partial charge is 0.227 e. The number of benzene rings is 1. The fraction of sp³-hybridized carbons (Fsp3) is 0.571. The molecule has 0 spiro atoms. The molecule has 0 bridgehead atoms. The van der Waals surface area contributed by atoms with E-state index in [9.17, 15) is 9.59 Å². The van der Waals surface area contributed by atoms with Gasteiger partial charge in [0.25, 0.3) is 0 Å². The van der Waals surface area contributed by atoms with Gasteiger partial charge in [0.2, 0.25) is 11.8 Å². The van der Waals surface area contributed by atoms with Crippen LogP contribution in [0.3, 0.4) is 0 Å². The molecular formula is C28H39N3O4S. The predicted octanol–water partition coefficient (Wildman–Crippen LogP) is 5.73. The van der Waals surface area contributed by atoms with E-state index in [2.05, 4.69) is 46.6 Å². The third-order valence-corrected chi connectivity index (χ3v) is 7.85. The molecule has 0 aliphatic carbocycles. The number of hydrogen-bond acceptors (Lipinski definition) is 7. The Labute approximate surface area is 218 Å². The lowest BCUT2D eigenvalue weighted by atomic mass is 9.81. The summed E-state index contributed by atoms with van der Waals surface area (Å²) in [5.41, 5.74) is 5.53. The van der Waals surface area contributed by atoms with E-state index in [0.29, 0.717) is 31.1 Å². The van der Waals surface area contributed by atoms with Crippen molar-refractivity contribution in [2.75, 3.05) is 13.2 Å². The number of aldehydes is 1. The second-order valence-electron chi connectivity index (χ2n) is 10.1. The van der Waals surface area contributed by atoms with Gasteiger partial charge in [-0.05, 0) is 42.7 Å². The molecule has 1 aliphatic heterocycles. The molecule has 4 unspecified atom stereocenters. The van der Waals surface area contributed by atoms with Crippen molar-refractivity contribution < 1.29 is 19.2 Å². The highest BCUT2D eigenvalue weighted by atomic mass is 32.1. The Bertz CT molecular complexity index is 1020. The van der Waals surface area contributed by atoms with Gasteiger partial charge in [0.05, 0.1) is 22.0 Å². The third kappa shape index (κ3) is 7.38. The van der Waals surface area contributed by atoms with Crippen molar-refractivity contribution in [3.8, 4) is 10.4 Å². The van der Waals surface area contributed by atoms with E-state index in [1.807, 2.05) is 33.2 Å². The van der Waals surface area contributed by atoms with Gasteiger partial charge in [-0.15, -0.1) is 11.3 Å². The normalized spacial score (nSPS) is 19.2. The highest BCUT2D eigenvalue weighted by molar-refractivity contribution is 7.13. The summed E-state index contributed by atoms with van der Waals surface area (Å²) in [6.07, 6.45) is 3.97. The Morgan fingerprint density at radius 1 is 1.25 bits per heavy atom. The lowest BCUT2D eigenvalue weighted by molar-refractivity contribution is -0.136. The molecule has 4 atom stereocenters. The number of amides is 1. The number of aromatic nitrogens is 1. The number of thiazole rings is 1. The summed E-state index contributed by atoms with van der Waals surface area (Å²) < 4.78 is 5.28. The number of unbranched alkanes of at least 4 members (excludes halogenated alkanes) is 1. The van der Waals surface area contributed by atoms with Crippen LogP contribution in [-0.4, -0.2) is 42.3 Å². The molecule has 8 heteroatoms. The summed E-state index contributed by atoms with van der Waals surface area (Å²) in [7, 11) is 0. The van der Waals surface area contributed by atoms with Gasteiger partial charge in [-0.25, -0.2) is 4.98 Å². The molecule has 36 heavy (non-hydrogen) atoms. The van der Waals surface area contributed by atoms with E-state index in [1.165, 1.54) is 16.0 Å². The number of rotatable bonds is 12. The fourth-order valence-electron chi connectivity index (χ4n) is 4.73. The summed E-state index contributed by atoms with van der Waals surface area (Å²) in [5, 5.41) is 7.14. The van der Waals surface area contributed by atoms with Crippen molar-refractivity contribution in [2.45, 2.75) is 72.3 Å². The predicted molar refractivity (Wildman–Crippen MR) is 144 cm³/mol. The molecular weight excluding hydrogens is 474 g/mol. The lowest BCUT2D eigenvalue weighted by Gasteiger charge is -2.34. The van der Waals surface area contributed by atoms with Crippen LogP contribution < -0.4 is 5.32 Å². The van der Waals surface area contributed by atoms with E-state index in [4.69, 9.17) is 9.57 Å². The summed E-state index contributed by atoms with van der Waals surface area (Å²) in [5.74, 6) is 0.769. The lowest BCUT2D eigenvalue weighted by Crippen LogP contribution is -2.46. The number of hydrogen-bond donors (Lipinski definition) is 1. The number of nitrogens with zero attached hydrogens (tertiary/aromatic N) is 2. The summed E-state index contributed by atoms with van der Waals surface area (Å²) in [6.45, 7) is 11.0. The number of aryl methyl sites for hydroxylation is 1. The minimum Gasteiger partial charge on any atom is -0.471 e. The Balaban J connectivity index is 1.43. The molecule has 1 N–H and O–H groups in total. The topological polar surface area (TPSA) is 89.9 Å². The Morgan fingerprint density at radius 2 is 2.00 bits per heavy atom. The zero-order valence-electron chi connectivity index (χ0n) is 22.0.